The minimum absolute atomic E-state index is 0.123. The third-order valence-corrected chi connectivity index (χ3v) is 5.99. The van der Waals surface area contributed by atoms with Crippen LogP contribution < -0.4 is 0 Å². The van der Waals surface area contributed by atoms with Gasteiger partial charge in [0.25, 0.3) is 5.91 Å². The summed E-state index contributed by atoms with van der Waals surface area (Å²) in [6, 6.07) is 8.01. The number of hydrogen-bond acceptors (Lipinski definition) is 3. The molecule has 3 aliphatic rings. The van der Waals surface area contributed by atoms with Crippen LogP contribution in [0.5, 0.6) is 0 Å². The summed E-state index contributed by atoms with van der Waals surface area (Å²) in [4.78, 5) is 22.7. The first-order valence-electron chi connectivity index (χ1n) is 9.65. The van der Waals surface area contributed by atoms with Gasteiger partial charge in [-0.15, -0.1) is 0 Å². The second kappa shape index (κ2) is 7.16. The van der Waals surface area contributed by atoms with Gasteiger partial charge >= 0.3 is 0 Å². The van der Waals surface area contributed by atoms with E-state index >= 15 is 0 Å². The second-order valence-electron chi connectivity index (χ2n) is 7.77. The average molecular weight is 372 g/mol. The number of rotatable bonds is 3. The van der Waals surface area contributed by atoms with E-state index in [1.807, 2.05) is 31.2 Å². The summed E-state index contributed by atoms with van der Waals surface area (Å²) in [6.07, 6.45) is 3.61. The molecule has 0 spiro atoms. The van der Waals surface area contributed by atoms with Gasteiger partial charge in [-0.2, -0.15) is 0 Å². The number of aryl methyl sites for hydroxylation is 1. The molecule has 26 heavy (non-hydrogen) atoms. The molecule has 3 fully saturated rings. The van der Waals surface area contributed by atoms with Gasteiger partial charge < -0.3 is 4.90 Å². The summed E-state index contributed by atoms with van der Waals surface area (Å²) >= 11 is 6.20. The molecule has 4 nitrogen and oxygen atoms in total. The van der Waals surface area contributed by atoms with Crippen LogP contribution in [-0.2, 0) is 0 Å². The fraction of sp³-hybridized carbons (Fsp3) is 0.524. The number of benzene rings is 1. The third-order valence-electron chi connectivity index (χ3n) is 5.75. The van der Waals surface area contributed by atoms with E-state index in [0.717, 1.165) is 48.3 Å². The van der Waals surface area contributed by atoms with Crippen molar-refractivity contribution in [3.8, 4) is 0 Å². The molecule has 0 aliphatic carbocycles. The van der Waals surface area contributed by atoms with E-state index in [2.05, 4.69) is 21.7 Å². The van der Waals surface area contributed by atoms with Crippen LogP contribution in [0.2, 0.25) is 5.02 Å². The normalized spacial score (nSPS) is 23.4. The molecule has 138 valence electrons. The SMILES string of the molecule is CCCN1C[C@@H]2CC[C@H]1CN(C(=O)c1cc(C)nc3ccc(Cl)cc13)C2. The number of halogens is 1. The van der Waals surface area contributed by atoms with E-state index < -0.39 is 0 Å². The number of amides is 1. The van der Waals surface area contributed by atoms with Crippen molar-refractivity contribution in [1.82, 2.24) is 14.8 Å². The first-order chi connectivity index (χ1) is 12.5. The Hall–Kier alpha value is -1.65. The number of carbonyl (C=O) groups excluding carboxylic acids is 1. The molecule has 0 N–H and O–H groups in total. The van der Waals surface area contributed by atoms with Crippen LogP contribution in [0.15, 0.2) is 24.3 Å². The van der Waals surface area contributed by atoms with Crippen molar-refractivity contribution in [3.63, 3.8) is 0 Å². The molecule has 2 aromatic rings. The van der Waals surface area contributed by atoms with Crippen molar-refractivity contribution < 1.29 is 4.79 Å². The summed E-state index contributed by atoms with van der Waals surface area (Å²) in [6.45, 7) is 8.13. The van der Waals surface area contributed by atoms with E-state index in [9.17, 15) is 4.79 Å². The minimum Gasteiger partial charge on any atom is -0.337 e. The Morgan fingerprint density at radius 3 is 2.88 bits per heavy atom. The molecule has 2 atom stereocenters. The molecular weight excluding hydrogens is 346 g/mol. The number of nitrogens with zero attached hydrogens (tertiary/aromatic N) is 3. The highest BCUT2D eigenvalue weighted by Gasteiger charge is 2.36. The number of fused-ring (bicyclic) bond motifs is 5. The van der Waals surface area contributed by atoms with Crippen molar-refractivity contribution in [2.24, 2.45) is 5.92 Å². The van der Waals surface area contributed by atoms with Gasteiger partial charge in [0.05, 0.1) is 11.1 Å². The van der Waals surface area contributed by atoms with Crippen LogP contribution in [0.1, 0.15) is 42.2 Å². The Morgan fingerprint density at radius 1 is 1.23 bits per heavy atom. The maximum Gasteiger partial charge on any atom is 0.254 e. The molecule has 5 heteroatoms. The van der Waals surface area contributed by atoms with Crippen molar-refractivity contribution in [1.29, 1.82) is 0 Å². The molecule has 1 aromatic carbocycles. The van der Waals surface area contributed by atoms with Crippen molar-refractivity contribution in [2.45, 2.75) is 39.2 Å². The molecule has 4 heterocycles. The lowest BCUT2D eigenvalue weighted by atomic mass is 9.95. The molecule has 2 bridgehead atoms. The highest BCUT2D eigenvalue weighted by Crippen LogP contribution is 2.30. The zero-order chi connectivity index (χ0) is 18.3. The zero-order valence-corrected chi connectivity index (χ0v) is 16.3. The number of aromatic nitrogens is 1. The Bertz CT molecular complexity index is 837. The molecule has 0 unspecified atom stereocenters. The maximum atomic E-state index is 13.4. The van der Waals surface area contributed by atoms with Crippen LogP contribution >= 0.6 is 11.6 Å². The minimum atomic E-state index is 0.123. The van der Waals surface area contributed by atoms with Crippen LogP contribution in [-0.4, -0.2) is 52.9 Å². The molecule has 1 amide bonds. The first-order valence-corrected chi connectivity index (χ1v) is 10.0. The second-order valence-corrected chi connectivity index (χ2v) is 8.21. The molecule has 3 saturated heterocycles. The summed E-state index contributed by atoms with van der Waals surface area (Å²) < 4.78 is 0. The van der Waals surface area contributed by atoms with Gasteiger partial charge in [0, 0.05) is 41.8 Å². The molecule has 3 aliphatic heterocycles. The molecule has 1 aromatic heterocycles. The fourth-order valence-electron chi connectivity index (χ4n) is 4.58. The van der Waals surface area contributed by atoms with Gasteiger partial charge in [-0.25, -0.2) is 0 Å². The molecule has 0 radical (unpaired) electrons. The maximum absolute atomic E-state index is 13.4. The third kappa shape index (κ3) is 3.33. The Kier molecular flexibility index (Phi) is 4.89. The summed E-state index contributed by atoms with van der Waals surface area (Å²) in [5.74, 6) is 0.708. The van der Waals surface area contributed by atoms with Gasteiger partial charge in [-0.3, -0.25) is 14.7 Å². The Morgan fingerprint density at radius 2 is 2.08 bits per heavy atom. The topological polar surface area (TPSA) is 36.4 Å². The Balaban J connectivity index is 1.68. The summed E-state index contributed by atoms with van der Waals surface area (Å²) in [7, 11) is 0. The Labute approximate surface area is 160 Å². The van der Waals surface area contributed by atoms with E-state index in [1.54, 1.807) is 0 Å². The molecular formula is C21H26ClN3O. The van der Waals surface area contributed by atoms with Gasteiger partial charge in [0.15, 0.2) is 0 Å². The zero-order valence-electron chi connectivity index (χ0n) is 15.5. The quantitative estimate of drug-likeness (QED) is 0.813. The average Bonchev–Trinajstić information content (AvgIpc) is 2.93. The van der Waals surface area contributed by atoms with Gasteiger partial charge in [-0.05, 0) is 62.9 Å². The largest absolute Gasteiger partial charge is 0.337 e. The number of pyridine rings is 1. The number of carbonyl (C=O) groups is 1. The number of hydrogen-bond donors (Lipinski definition) is 0. The van der Waals surface area contributed by atoms with Crippen LogP contribution in [0.3, 0.4) is 0 Å². The predicted molar refractivity (Wildman–Crippen MR) is 106 cm³/mol. The molecule has 5 rings (SSSR count). The predicted octanol–water partition coefficient (Wildman–Crippen LogP) is 4.14. The highest BCUT2D eigenvalue weighted by atomic mass is 35.5. The van der Waals surface area contributed by atoms with Crippen molar-refractivity contribution >= 4 is 28.4 Å². The fourth-order valence-corrected chi connectivity index (χ4v) is 4.76. The van der Waals surface area contributed by atoms with Gasteiger partial charge in [-0.1, -0.05) is 18.5 Å². The van der Waals surface area contributed by atoms with Gasteiger partial charge in [0.1, 0.15) is 0 Å². The van der Waals surface area contributed by atoms with Crippen molar-refractivity contribution in [2.75, 3.05) is 26.2 Å². The van der Waals surface area contributed by atoms with E-state index in [-0.39, 0.29) is 5.91 Å². The lowest BCUT2D eigenvalue weighted by molar-refractivity contribution is 0.0740. The smallest absolute Gasteiger partial charge is 0.254 e. The van der Waals surface area contributed by atoms with E-state index in [0.29, 0.717) is 17.0 Å². The monoisotopic (exact) mass is 371 g/mol. The summed E-state index contributed by atoms with van der Waals surface area (Å²) in [5.41, 5.74) is 2.44. The van der Waals surface area contributed by atoms with Crippen LogP contribution in [0.4, 0.5) is 0 Å². The van der Waals surface area contributed by atoms with E-state index in [4.69, 9.17) is 11.6 Å². The van der Waals surface area contributed by atoms with E-state index in [1.165, 1.54) is 19.3 Å². The lowest BCUT2D eigenvalue weighted by Gasteiger charge is -2.35. The first kappa shape index (κ1) is 17.7. The summed E-state index contributed by atoms with van der Waals surface area (Å²) in [5, 5.41) is 1.50. The number of piperidine rings is 1. The standard InChI is InChI=1S/C21H26ClN3O/c1-3-8-24-11-15-4-6-17(24)13-25(12-15)21(26)19-9-14(2)23-20-7-5-16(22)10-18(19)20/h5,7,9-10,15,17H,3-4,6,8,11-13H2,1-2H3/t15-,17-/m0/s1. The molecule has 0 saturated carbocycles. The van der Waals surface area contributed by atoms with Crippen LogP contribution in [0, 0.1) is 12.8 Å². The highest BCUT2D eigenvalue weighted by molar-refractivity contribution is 6.31. The van der Waals surface area contributed by atoms with Crippen LogP contribution in [0.25, 0.3) is 10.9 Å². The lowest BCUT2D eigenvalue weighted by Crippen LogP contribution is -2.44. The van der Waals surface area contributed by atoms with Gasteiger partial charge in [0.2, 0.25) is 0 Å². The van der Waals surface area contributed by atoms with Crippen molar-refractivity contribution in [3.05, 3.63) is 40.5 Å².